The van der Waals surface area contributed by atoms with Gasteiger partial charge in [-0.25, -0.2) is 13.2 Å². The van der Waals surface area contributed by atoms with E-state index in [0.717, 1.165) is 24.2 Å². The van der Waals surface area contributed by atoms with Crippen LogP contribution in [0.1, 0.15) is 35.9 Å². The summed E-state index contributed by atoms with van der Waals surface area (Å²) >= 11 is 0.992. The number of carbonyl (C=O) groups is 2. The first-order valence-electron chi connectivity index (χ1n) is 7.60. The highest BCUT2D eigenvalue weighted by Crippen LogP contribution is 2.27. The van der Waals surface area contributed by atoms with E-state index in [-0.39, 0.29) is 16.2 Å². The van der Waals surface area contributed by atoms with Crippen molar-refractivity contribution in [1.29, 1.82) is 0 Å². The van der Waals surface area contributed by atoms with Crippen molar-refractivity contribution in [1.82, 2.24) is 9.62 Å². The first-order valence-corrected chi connectivity index (χ1v) is 9.92. The van der Waals surface area contributed by atoms with Crippen LogP contribution in [0.4, 0.5) is 0 Å². The Morgan fingerprint density at radius 2 is 2.08 bits per heavy atom. The molecule has 0 bridgehead atoms. The highest BCUT2D eigenvalue weighted by atomic mass is 32.2. The fraction of sp³-hybridized carbons (Fsp3) is 0.467. The van der Waals surface area contributed by atoms with E-state index in [2.05, 4.69) is 5.32 Å². The van der Waals surface area contributed by atoms with Gasteiger partial charge in [0.15, 0.2) is 0 Å². The molecule has 1 saturated heterocycles. The minimum Gasteiger partial charge on any atom is -0.480 e. The smallest absolute Gasteiger partial charge is 0.326 e. The van der Waals surface area contributed by atoms with E-state index in [1.54, 1.807) is 19.1 Å². The lowest BCUT2D eigenvalue weighted by Gasteiger charge is -2.16. The van der Waals surface area contributed by atoms with E-state index in [1.165, 1.54) is 15.8 Å². The van der Waals surface area contributed by atoms with E-state index in [1.807, 2.05) is 0 Å². The maximum absolute atomic E-state index is 12.6. The summed E-state index contributed by atoms with van der Waals surface area (Å²) in [5.41, 5.74) is 0. The molecule has 2 heterocycles. The average molecular weight is 372 g/mol. The molecule has 1 amide bonds. The monoisotopic (exact) mass is 372 g/mol. The van der Waals surface area contributed by atoms with Crippen LogP contribution in [-0.2, 0) is 14.8 Å². The van der Waals surface area contributed by atoms with Crippen molar-refractivity contribution in [2.45, 2.75) is 37.1 Å². The average Bonchev–Trinajstić information content (AvgIpc) is 3.22. The predicted molar refractivity (Wildman–Crippen MR) is 90.6 cm³/mol. The number of nitrogens with one attached hydrogen (secondary N) is 1. The lowest BCUT2D eigenvalue weighted by molar-refractivity contribution is -0.139. The van der Waals surface area contributed by atoms with E-state index in [0.29, 0.717) is 13.1 Å². The summed E-state index contributed by atoms with van der Waals surface area (Å²) in [4.78, 5) is 23.6. The number of aliphatic carboxylic acids is 1. The summed E-state index contributed by atoms with van der Waals surface area (Å²) in [6.07, 6.45) is 5.06. The predicted octanol–water partition coefficient (Wildman–Crippen LogP) is 1.68. The maximum Gasteiger partial charge on any atom is 0.326 e. The van der Waals surface area contributed by atoms with Crippen molar-refractivity contribution >= 4 is 33.2 Å². The van der Waals surface area contributed by atoms with E-state index < -0.39 is 27.9 Å². The first-order chi connectivity index (χ1) is 11.4. The number of hydrogen-bond donors (Lipinski definition) is 2. The van der Waals surface area contributed by atoms with Crippen LogP contribution in [0, 0.1) is 0 Å². The Kier molecular flexibility index (Phi) is 6.14. The van der Waals surface area contributed by atoms with Crippen molar-refractivity contribution in [3.63, 3.8) is 0 Å². The number of carbonyl (C=O) groups excluding carboxylic acids is 1. The second-order valence-corrected chi connectivity index (χ2v) is 8.22. The molecule has 1 aromatic rings. The van der Waals surface area contributed by atoms with Crippen molar-refractivity contribution in [3.8, 4) is 0 Å². The summed E-state index contributed by atoms with van der Waals surface area (Å²) in [5, 5.41) is 13.1. The first kappa shape index (κ1) is 18.6. The second kappa shape index (κ2) is 7.91. The van der Waals surface area contributed by atoms with Crippen LogP contribution in [-0.4, -0.2) is 48.8 Å². The Bertz CT molecular complexity index is 733. The van der Waals surface area contributed by atoms with Crippen LogP contribution < -0.4 is 5.32 Å². The number of carboxylic acid groups (broad SMARTS) is 1. The van der Waals surface area contributed by atoms with Gasteiger partial charge in [-0.1, -0.05) is 12.2 Å². The number of nitrogens with zero attached hydrogens (tertiary/aromatic N) is 1. The zero-order valence-electron chi connectivity index (χ0n) is 13.3. The van der Waals surface area contributed by atoms with Gasteiger partial charge < -0.3 is 10.4 Å². The van der Waals surface area contributed by atoms with Gasteiger partial charge in [-0.05, 0) is 37.6 Å². The maximum atomic E-state index is 12.6. The number of thiophene rings is 1. The minimum atomic E-state index is -3.72. The zero-order chi connectivity index (χ0) is 17.7. The lowest BCUT2D eigenvalue weighted by Crippen LogP contribution is -2.40. The lowest BCUT2D eigenvalue weighted by atomic mass is 10.2. The molecular weight excluding hydrogens is 352 g/mol. The Balaban J connectivity index is 2.22. The summed E-state index contributed by atoms with van der Waals surface area (Å²) in [7, 11) is -3.72. The molecule has 2 rings (SSSR count). The minimum absolute atomic E-state index is 0.0219. The highest BCUT2D eigenvalue weighted by molar-refractivity contribution is 7.89. The number of rotatable bonds is 7. The van der Waals surface area contributed by atoms with E-state index in [9.17, 15) is 23.1 Å². The van der Waals surface area contributed by atoms with Crippen LogP contribution in [0.3, 0.4) is 0 Å². The molecule has 24 heavy (non-hydrogen) atoms. The van der Waals surface area contributed by atoms with Crippen LogP contribution >= 0.6 is 11.3 Å². The molecule has 0 saturated carbocycles. The van der Waals surface area contributed by atoms with Gasteiger partial charge in [0, 0.05) is 13.1 Å². The molecule has 132 valence electrons. The fourth-order valence-corrected chi connectivity index (χ4v) is 5.27. The topological polar surface area (TPSA) is 104 Å². The molecule has 1 aromatic heterocycles. The van der Waals surface area contributed by atoms with Gasteiger partial charge in [0.25, 0.3) is 5.91 Å². The van der Waals surface area contributed by atoms with Crippen molar-refractivity contribution in [3.05, 3.63) is 28.5 Å². The summed E-state index contributed by atoms with van der Waals surface area (Å²) < 4.78 is 26.6. The fourth-order valence-electron chi connectivity index (χ4n) is 2.45. The van der Waals surface area contributed by atoms with Gasteiger partial charge in [0.1, 0.15) is 15.8 Å². The van der Waals surface area contributed by atoms with Crippen molar-refractivity contribution < 1.29 is 23.1 Å². The van der Waals surface area contributed by atoms with Gasteiger partial charge in [0.05, 0.1) is 0 Å². The SMILES string of the molecule is C/C=C/CC(NC(=O)c1sccc1S(=O)(=O)N1CCCC1)C(=O)O. The van der Waals surface area contributed by atoms with Gasteiger partial charge >= 0.3 is 5.97 Å². The molecule has 1 fully saturated rings. The number of hydrogen-bond acceptors (Lipinski definition) is 5. The molecule has 0 spiro atoms. The number of carboxylic acids is 1. The Hall–Kier alpha value is -1.71. The zero-order valence-corrected chi connectivity index (χ0v) is 14.9. The van der Waals surface area contributed by atoms with Gasteiger partial charge in [-0.2, -0.15) is 4.31 Å². The largest absolute Gasteiger partial charge is 0.480 e. The second-order valence-electron chi connectivity index (χ2n) is 5.39. The van der Waals surface area contributed by atoms with Crippen molar-refractivity contribution in [2.24, 2.45) is 0 Å². The third kappa shape index (κ3) is 4.03. The third-order valence-corrected chi connectivity index (χ3v) is 6.71. The molecule has 1 atom stereocenters. The Morgan fingerprint density at radius 1 is 1.42 bits per heavy atom. The summed E-state index contributed by atoms with van der Waals surface area (Å²) in [6, 6.07) is 0.299. The molecule has 9 heteroatoms. The van der Waals surface area contributed by atoms with Gasteiger partial charge in [0.2, 0.25) is 10.0 Å². The molecule has 0 aromatic carbocycles. The van der Waals surface area contributed by atoms with E-state index >= 15 is 0 Å². The number of amides is 1. The molecule has 0 aliphatic carbocycles. The molecular formula is C15H20N2O5S2. The Labute approximate surface area is 145 Å². The van der Waals surface area contributed by atoms with Crippen molar-refractivity contribution in [2.75, 3.05) is 13.1 Å². The highest BCUT2D eigenvalue weighted by Gasteiger charge is 2.32. The molecule has 1 aliphatic heterocycles. The standard InChI is InChI=1S/C15H20N2O5S2/c1-2-3-6-11(15(19)20)16-14(18)13-12(7-10-23-13)24(21,22)17-8-4-5-9-17/h2-3,7,10-11H,4-6,8-9H2,1H3,(H,16,18)(H,19,20)/b3-2+. The summed E-state index contributed by atoms with van der Waals surface area (Å²) in [6.45, 7) is 2.64. The molecule has 1 aliphatic rings. The number of allylic oxidation sites excluding steroid dienone is 1. The third-order valence-electron chi connectivity index (χ3n) is 3.73. The molecule has 2 N–H and O–H groups in total. The Morgan fingerprint density at radius 3 is 2.67 bits per heavy atom. The normalized spacial score (nSPS) is 17.2. The summed E-state index contributed by atoms with van der Waals surface area (Å²) in [5.74, 6) is -1.85. The van der Waals surface area contributed by atoms with Crippen LogP contribution in [0.5, 0.6) is 0 Å². The van der Waals surface area contributed by atoms with Crippen LogP contribution in [0.15, 0.2) is 28.5 Å². The van der Waals surface area contributed by atoms with Gasteiger partial charge in [-0.15, -0.1) is 11.3 Å². The van der Waals surface area contributed by atoms with E-state index in [4.69, 9.17) is 0 Å². The van der Waals surface area contributed by atoms with Crippen LogP contribution in [0.25, 0.3) is 0 Å². The number of sulfonamides is 1. The van der Waals surface area contributed by atoms with Crippen LogP contribution in [0.2, 0.25) is 0 Å². The molecule has 1 unspecified atom stereocenters. The molecule has 0 radical (unpaired) electrons. The van der Waals surface area contributed by atoms with Gasteiger partial charge in [-0.3, -0.25) is 4.79 Å². The molecule has 7 nitrogen and oxygen atoms in total. The quantitative estimate of drug-likeness (QED) is 0.709.